The predicted octanol–water partition coefficient (Wildman–Crippen LogP) is 4.23. The molecule has 3 aromatic rings. The molecule has 3 saturated carbocycles. The minimum Gasteiger partial charge on any atom is -0.393 e. The molecule has 2 unspecified atom stereocenters. The van der Waals surface area contributed by atoms with E-state index in [2.05, 4.69) is 15.4 Å². The van der Waals surface area contributed by atoms with Gasteiger partial charge in [0.1, 0.15) is 17.1 Å². The Kier molecular flexibility index (Phi) is 5.93. The first-order chi connectivity index (χ1) is 17.6. The van der Waals surface area contributed by atoms with Crippen molar-refractivity contribution in [1.82, 2.24) is 19.3 Å². The molecule has 8 nitrogen and oxygen atoms in total. The van der Waals surface area contributed by atoms with Gasteiger partial charge in [-0.15, -0.1) is 0 Å². The van der Waals surface area contributed by atoms with Crippen molar-refractivity contribution in [1.29, 1.82) is 0 Å². The number of aryl methyl sites for hydroxylation is 2. The van der Waals surface area contributed by atoms with E-state index >= 15 is 0 Å². The summed E-state index contributed by atoms with van der Waals surface area (Å²) >= 11 is 5.87. The smallest absolute Gasteiger partial charge is 0.274 e. The Bertz CT molecular complexity index is 1350. The summed E-state index contributed by atoms with van der Waals surface area (Å²) in [7, 11) is 3.68. The summed E-state index contributed by atoms with van der Waals surface area (Å²) in [6.07, 6.45) is 5.89. The molecule has 3 fully saturated rings. The van der Waals surface area contributed by atoms with Gasteiger partial charge in [-0.2, -0.15) is 5.10 Å². The van der Waals surface area contributed by atoms with E-state index in [1.807, 2.05) is 17.8 Å². The van der Waals surface area contributed by atoms with Crippen molar-refractivity contribution < 1.29 is 19.4 Å². The van der Waals surface area contributed by atoms with E-state index in [1.54, 1.807) is 17.9 Å². The minimum absolute atomic E-state index is 0.0510. The third-order valence-corrected chi connectivity index (χ3v) is 8.98. The standard InChI is InChI=1S/C27H31ClFN5O3/c1-33-13-30-24(25(33)26(36)31-18-3-4-21(29)20(28)9-18)15-5-16-11-27(37,12-17(16)6-15)23-10-22(32-34(23)2)14-7-19(35)8-14/h3-4,9-10,13-17,19,35,37H,5-8,11-12H2,1-2H3,(H,31,36). The fourth-order valence-electron chi connectivity index (χ4n) is 6.84. The molecule has 0 spiro atoms. The molecule has 0 aliphatic heterocycles. The van der Waals surface area contributed by atoms with Crippen molar-refractivity contribution in [3.05, 3.63) is 64.2 Å². The van der Waals surface area contributed by atoms with Gasteiger partial charge < -0.3 is 20.1 Å². The van der Waals surface area contributed by atoms with Crippen LogP contribution in [0.2, 0.25) is 5.02 Å². The Morgan fingerprint density at radius 1 is 1.14 bits per heavy atom. The number of aromatic nitrogens is 4. The predicted molar refractivity (Wildman–Crippen MR) is 136 cm³/mol. The number of aliphatic hydroxyl groups is 2. The number of hydrogen-bond donors (Lipinski definition) is 3. The van der Waals surface area contributed by atoms with Gasteiger partial charge in [-0.05, 0) is 74.6 Å². The Balaban J connectivity index is 1.16. The summed E-state index contributed by atoms with van der Waals surface area (Å²) in [6, 6.07) is 6.12. The monoisotopic (exact) mass is 527 g/mol. The molecule has 196 valence electrons. The van der Waals surface area contributed by atoms with Crippen LogP contribution < -0.4 is 5.32 Å². The van der Waals surface area contributed by atoms with Crippen LogP contribution in [-0.2, 0) is 19.7 Å². The highest BCUT2D eigenvalue weighted by atomic mass is 35.5. The Morgan fingerprint density at radius 3 is 2.49 bits per heavy atom. The number of nitrogens with one attached hydrogen (secondary N) is 1. The first kappa shape index (κ1) is 24.6. The molecule has 10 heteroatoms. The number of nitrogens with zero attached hydrogens (tertiary/aromatic N) is 4. The number of carbonyl (C=O) groups is 1. The van der Waals surface area contributed by atoms with Gasteiger partial charge in [0, 0.05) is 31.6 Å². The minimum atomic E-state index is -0.922. The lowest BCUT2D eigenvalue weighted by Crippen LogP contribution is -2.26. The molecule has 2 atom stereocenters. The van der Waals surface area contributed by atoms with Gasteiger partial charge in [-0.25, -0.2) is 9.37 Å². The van der Waals surface area contributed by atoms with Crippen LogP contribution in [0.5, 0.6) is 0 Å². The third kappa shape index (κ3) is 4.27. The Labute approximate surface area is 219 Å². The topological polar surface area (TPSA) is 105 Å². The van der Waals surface area contributed by atoms with Crippen LogP contribution in [0, 0.1) is 17.7 Å². The van der Waals surface area contributed by atoms with E-state index in [-0.39, 0.29) is 28.9 Å². The van der Waals surface area contributed by atoms with Gasteiger partial charge in [0.25, 0.3) is 5.91 Å². The largest absolute Gasteiger partial charge is 0.393 e. The number of aliphatic hydroxyl groups excluding tert-OH is 1. The fraction of sp³-hybridized carbons (Fsp3) is 0.519. The maximum Gasteiger partial charge on any atom is 0.274 e. The first-order valence-electron chi connectivity index (χ1n) is 12.8. The summed E-state index contributed by atoms with van der Waals surface area (Å²) in [6.45, 7) is 0. The number of rotatable bonds is 5. The zero-order valence-electron chi connectivity index (χ0n) is 20.9. The van der Waals surface area contributed by atoms with Crippen LogP contribution in [0.25, 0.3) is 0 Å². The van der Waals surface area contributed by atoms with Gasteiger partial charge in [-0.3, -0.25) is 9.48 Å². The summed E-state index contributed by atoms with van der Waals surface area (Å²) in [5.41, 5.74) is 2.55. The highest BCUT2D eigenvalue weighted by Gasteiger charge is 2.52. The average Bonchev–Trinajstić information content (AvgIpc) is 3.56. The molecular weight excluding hydrogens is 497 g/mol. The molecule has 3 aliphatic rings. The van der Waals surface area contributed by atoms with E-state index < -0.39 is 11.4 Å². The van der Waals surface area contributed by atoms with Crippen molar-refractivity contribution in [2.45, 2.75) is 62.1 Å². The number of fused-ring (bicyclic) bond motifs is 1. The molecule has 2 heterocycles. The molecule has 3 aliphatic carbocycles. The number of benzene rings is 1. The van der Waals surface area contributed by atoms with Gasteiger partial charge in [0.2, 0.25) is 0 Å². The number of carbonyl (C=O) groups excluding carboxylic acids is 1. The van der Waals surface area contributed by atoms with Crippen molar-refractivity contribution in [3.8, 4) is 0 Å². The van der Waals surface area contributed by atoms with Crippen LogP contribution in [0.3, 0.4) is 0 Å². The second-order valence-corrected chi connectivity index (χ2v) is 11.6. The van der Waals surface area contributed by atoms with Crippen LogP contribution in [0.1, 0.15) is 77.9 Å². The van der Waals surface area contributed by atoms with Crippen LogP contribution in [0.4, 0.5) is 10.1 Å². The zero-order chi connectivity index (χ0) is 26.1. The lowest BCUT2D eigenvalue weighted by molar-refractivity contribution is 0.0263. The molecule has 6 rings (SSSR count). The lowest BCUT2D eigenvalue weighted by Gasteiger charge is -2.29. The summed E-state index contributed by atoms with van der Waals surface area (Å²) < 4.78 is 17.0. The van der Waals surface area contributed by atoms with Crippen LogP contribution in [-0.4, -0.2) is 41.6 Å². The van der Waals surface area contributed by atoms with Crippen molar-refractivity contribution >= 4 is 23.2 Å². The Morgan fingerprint density at radius 2 is 1.84 bits per heavy atom. The SMILES string of the molecule is Cn1cnc(C2CC3CC(O)(c4cc(C5CC(O)C5)nn4C)CC3C2)c1C(=O)Nc1ccc(F)c(Cl)c1. The molecule has 2 aromatic heterocycles. The molecule has 37 heavy (non-hydrogen) atoms. The number of anilines is 1. The van der Waals surface area contributed by atoms with Gasteiger partial charge in [0.15, 0.2) is 0 Å². The van der Waals surface area contributed by atoms with E-state index in [0.29, 0.717) is 36.1 Å². The highest BCUT2D eigenvalue weighted by Crippen LogP contribution is 2.57. The highest BCUT2D eigenvalue weighted by molar-refractivity contribution is 6.31. The molecule has 0 saturated heterocycles. The van der Waals surface area contributed by atoms with E-state index in [0.717, 1.165) is 42.8 Å². The molecule has 0 bridgehead atoms. The average molecular weight is 528 g/mol. The van der Waals surface area contributed by atoms with Crippen molar-refractivity contribution in [2.75, 3.05) is 5.32 Å². The van der Waals surface area contributed by atoms with E-state index in [1.165, 1.54) is 18.2 Å². The van der Waals surface area contributed by atoms with E-state index in [4.69, 9.17) is 11.6 Å². The molecule has 3 N–H and O–H groups in total. The van der Waals surface area contributed by atoms with Gasteiger partial charge in [0.05, 0.1) is 34.5 Å². The van der Waals surface area contributed by atoms with Crippen molar-refractivity contribution in [2.24, 2.45) is 25.9 Å². The fourth-order valence-corrected chi connectivity index (χ4v) is 7.02. The molecule has 0 radical (unpaired) electrons. The van der Waals surface area contributed by atoms with E-state index in [9.17, 15) is 19.4 Å². The van der Waals surface area contributed by atoms with Crippen LogP contribution in [0.15, 0.2) is 30.6 Å². The zero-order valence-corrected chi connectivity index (χ0v) is 21.6. The summed E-state index contributed by atoms with van der Waals surface area (Å²) in [4.78, 5) is 17.8. The molecular formula is C27H31ClFN5O3. The third-order valence-electron chi connectivity index (χ3n) is 8.69. The number of hydrogen-bond acceptors (Lipinski definition) is 5. The number of amides is 1. The molecule has 1 aromatic carbocycles. The summed E-state index contributed by atoms with van der Waals surface area (Å²) in [5.74, 6) is 0.193. The Hall–Kier alpha value is -2.75. The molecule has 1 amide bonds. The summed E-state index contributed by atoms with van der Waals surface area (Å²) in [5, 5.41) is 28.7. The lowest BCUT2D eigenvalue weighted by atomic mass is 9.80. The van der Waals surface area contributed by atoms with Crippen LogP contribution >= 0.6 is 11.6 Å². The van der Waals surface area contributed by atoms with Crippen molar-refractivity contribution in [3.63, 3.8) is 0 Å². The maximum atomic E-state index is 13.5. The quantitative estimate of drug-likeness (QED) is 0.460. The van der Waals surface area contributed by atoms with Gasteiger partial charge >= 0.3 is 0 Å². The number of halogens is 2. The second kappa shape index (κ2) is 8.92. The second-order valence-electron chi connectivity index (χ2n) is 11.2. The number of imidazole rings is 1. The normalized spacial score (nSPS) is 30.8. The van der Waals surface area contributed by atoms with Gasteiger partial charge in [-0.1, -0.05) is 11.6 Å². The first-order valence-corrected chi connectivity index (χ1v) is 13.2. The maximum absolute atomic E-state index is 13.5.